The normalized spacial score (nSPS) is 12.3. The van der Waals surface area contributed by atoms with Gasteiger partial charge in [-0.25, -0.2) is 4.79 Å². The van der Waals surface area contributed by atoms with Crippen LogP contribution in [0, 0.1) is 0 Å². The van der Waals surface area contributed by atoms with Gasteiger partial charge in [0.15, 0.2) is 12.1 Å². The van der Waals surface area contributed by atoms with E-state index in [9.17, 15) is 14.4 Å². The molecule has 0 radical (unpaired) electrons. The molecule has 33 heavy (non-hydrogen) atoms. The standard InChI is InChI=1S/C27H27NO5/c1-2-32-27(31)25(28-23(29)18-20-12-6-3-7-13-20)26(22-16-10-5-11-17-22)33-24(30)19-21-14-8-4-9-15-21/h3-17,25-26H,2,18-19H2,1H3,(H,28,29). The Morgan fingerprint density at radius 3 is 1.82 bits per heavy atom. The van der Waals surface area contributed by atoms with Gasteiger partial charge in [0.05, 0.1) is 19.4 Å². The lowest BCUT2D eigenvalue weighted by molar-refractivity contribution is -0.160. The van der Waals surface area contributed by atoms with E-state index in [1.54, 1.807) is 31.2 Å². The highest BCUT2D eigenvalue weighted by Crippen LogP contribution is 2.24. The first-order valence-electron chi connectivity index (χ1n) is 10.8. The molecule has 0 heterocycles. The van der Waals surface area contributed by atoms with Crippen LogP contribution in [0.5, 0.6) is 0 Å². The Labute approximate surface area is 193 Å². The number of hydrogen-bond acceptors (Lipinski definition) is 5. The van der Waals surface area contributed by atoms with Crippen molar-refractivity contribution in [2.24, 2.45) is 0 Å². The number of amides is 1. The van der Waals surface area contributed by atoms with E-state index < -0.39 is 24.1 Å². The van der Waals surface area contributed by atoms with Crippen molar-refractivity contribution >= 4 is 17.8 Å². The van der Waals surface area contributed by atoms with Gasteiger partial charge in [-0.1, -0.05) is 91.0 Å². The SMILES string of the molecule is CCOC(=O)C(NC(=O)Cc1ccccc1)C(OC(=O)Cc1ccccc1)c1ccccc1. The molecular weight excluding hydrogens is 418 g/mol. The molecule has 170 valence electrons. The lowest BCUT2D eigenvalue weighted by Gasteiger charge is -2.27. The zero-order chi connectivity index (χ0) is 23.5. The summed E-state index contributed by atoms with van der Waals surface area (Å²) in [7, 11) is 0. The fourth-order valence-electron chi connectivity index (χ4n) is 3.41. The molecule has 0 saturated carbocycles. The van der Waals surface area contributed by atoms with Gasteiger partial charge in [-0.15, -0.1) is 0 Å². The van der Waals surface area contributed by atoms with Crippen molar-refractivity contribution in [2.45, 2.75) is 31.9 Å². The van der Waals surface area contributed by atoms with Crippen LogP contribution in [0.2, 0.25) is 0 Å². The number of nitrogens with one attached hydrogen (secondary N) is 1. The third-order valence-electron chi connectivity index (χ3n) is 4.95. The van der Waals surface area contributed by atoms with E-state index in [-0.39, 0.29) is 25.4 Å². The Bertz CT molecular complexity index is 1040. The smallest absolute Gasteiger partial charge is 0.332 e. The number of esters is 2. The molecule has 1 amide bonds. The number of carbonyl (C=O) groups excluding carboxylic acids is 3. The Morgan fingerprint density at radius 1 is 0.758 bits per heavy atom. The monoisotopic (exact) mass is 445 g/mol. The molecule has 0 aliphatic rings. The topological polar surface area (TPSA) is 81.7 Å². The molecule has 1 N–H and O–H groups in total. The molecule has 3 aromatic carbocycles. The van der Waals surface area contributed by atoms with Gasteiger partial charge < -0.3 is 14.8 Å². The molecule has 2 atom stereocenters. The number of rotatable bonds is 10. The first-order valence-corrected chi connectivity index (χ1v) is 10.8. The highest BCUT2D eigenvalue weighted by molar-refractivity contribution is 5.86. The van der Waals surface area contributed by atoms with E-state index in [1.165, 1.54) is 0 Å². The molecule has 0 aliphatic carbocycles. The molecule has 3 aromatic rings. The summed E-state index contributed by atoms with van der Waals surface area (Å²) in [5, 5.41) is 2.73. The Kier molecular flexibility index (Phi) is 8.77. The molecule has 3 rings (SSSR count). The first kappa shape index (κ1) is 23.7. The van der Waals surface area contributed by atoms with Gasteiger partial charge in [0.1, 0.15) is 0 Å². The molecule has 6 heteroatoms. The zero-order valence-corrected chi connectivity index (χ0v) is 18.5. The van der Waals surface area contributed by atoms with Gasteiger partial charge in [-0.3, -0.25) is 9.59 Å². The summed E-state index contributed by atoms with van der Waals surface area (Å²) >= 11 is 0. The Morgan fingerprint density at radius 2 is 1.27 bits per heavy atom. The van der Waals surface area contributed by atoms with Crippen molar-refractivity contribution in [3.8, 4) is 0 Å². The van der Waals surface area contributed by atoms with Crippen LogP contribution in [-0.2, 0) is 36.7 Å². The van der Waals surface area contributed by atoms with Crippen molar-refractivity contribution in [1.29, 1.82) is 0 Å². The van der Waals surface area contributed by atoms with Crippen molar-refractivity contribution < 1.29 is 23.9 Å². The maximum atomic E-state index is 12.9. The van der Waals surface area contributed by atoms with E-state index in [4.69, 9.17) is 9.47 Å². The summed E-state index contributed by atoms with van der Waals surface area (Å²) in [4.78, 5) is 38.4. The number of benzene rings is 3. The second-order valence-electron chi connectivity index (χ2n) is 7.44. The average Bonchev–Trinajstić information content (AvgIpc) is 2.83. The molecule has 0 saturated heterocycles. The second-order valence-corrected chi connectivity index (χ2v) is 7.44. The molecule has 0 aliphatic heterocycles. The van der Waals surface area contributed by atoms with Crippen molar-refractivity contribution in [1.82, 2.24) is 5.32 Å². The third-order valence-corrected chi connectivity index (χ3v) is 4.95. The Hall–Kier alpha value is -3.93. The number of hydrogen-bond donors (Lipinski definition) is 1. The van der Waals surface area contributed by atoms with Crippen LogP contribution in [-0.4, -0.2) is 30.5 Å². The van der Waals surface area contributed by atoms with Gasteiger partial charge in [-0.2, -0.15) is 0 Å². The largest absolute Gasteiger partial charge is 0.464 e. The predicted molar refractivity (Wildman–Crippen MR) is 124 cm³/mol. The first-order chi connectivity index (χ1) is 16.1. The molecule has 0 spiro atoms. The summed E-state index contributed by atoms with van der Waals surface area (Å²) in [5.41, 5.74) is 2.17. The second kappa shape index (κ2) is 12.2. The number of carbonyl (C=O) groups is 3. The predicted octanol–water partition coefficient (Wildman–Crippen LogP) is 3.80. The van der Waals surface area contributed by atoms with E-state index >= 15 is 0 Å². The summed E-state index contributed by atoms with van der Waals surface area (Å²) < 4.78 is 11.0. The molecule has 6 nitrogen and oxygen atoms in total. The third kappa shape index (κ3) is 7.31. The number of ether oxygens (including phenoxy) is 2. The maximum absolute atomic E-state index is 12.9. The summed E-state index contributed by atoms with van der Waals surface area (Å²) in [6.07, 6.45) is -0.922. The van der Waals surface area contributed by atoms with Crippen molar-refractivity contribution in [2.75, 3.05) is 6.61 Å². The maximum Gasteiger partial charge on any atom is 0.332 e. The Balaban J connectivity index is 1.84. The van der Waals surface area contributed by atoms with Crippen LogP contribution >= 0.6 is 0 Å². The average molecular weight is 446 g/mol. The summed E-state index contributed by atoms with van der Waals surface area (Å²) in [6.45, 7) is 1.81. The van der Waals surface area contributed by atoms with Gasteiger partial charge in [0.25, 0.3) is 0 Å². The molecule has 0 bridgehead atoms. The molecular formula is C27H27NO5. The van der Waals surface area contributed by atoms with Crippen LogP contribution in [0.25, 0.3) is 0 Å². The fraction of sp³-hybridized carbons (Fsp3) is 0.222. The van der Waals surface area contributed by atoms with E-state index in [0.29, 0.717) is 5.56 Å². The quantitative estimate of drug-likeness (QED) is 0.480. The van der Waals surface area contributed by atoms with Gasteiger partial charge in [-0.05, 0) is 23.6 Å². The van der Waals surface area contributed by atoms with Gasteiger partial charge in [0.2, 0.25) is 5.91 Å². The van der Waals surface area contributed by atoms with Crippen molar-refractivity contribution in [3.05, 3.63) is 108 Å². The van der Waals surface area contributed by atoms with Crippen LogP contribution in [0.4, 0.5) is 0 Å². The van der Waals surface area contributed by atoms with Crippen LogP contribution in [0.3, 0.4) is 0 Å². The highest BCUT2D eigenvalue weighted by atomic mass is 16.6. The summed E-state index contributed by atoms with van der Waals surface area (Å²) in [5.74, 6) is -1.55. The summed E-state index contributed by atoms with van der Waals surface area (Å²) in [6, 6.07) is 26.0. The van der Waals surface area contributed by atoms with Gasteiger partial charge >= 0.3 is 11.9 Å². The minimum Gasteiger partial charge on any atom is -0.464 e. The molecule has 0 aromatic heterocycles. The van der Waals surface area contributed by atoms with E-state index in [0.717, 1.165) is 11.1 Å². The lowest BCUT2D eigenvalue weighted by atomic mass is 10.0. The minimum atomic E-state index is -1.19. The highest BCUT2D eigenvalue weighted by Gasteiger charge is 2.35. The fourth-order valence-corrected chi connectivity index (χ4v) is 3.41. The van der Waals surface area contributed by atoms with Crippen LogP contribution < -0.4 is 5.32 Å². The van der Waals surface area contributed by atoms with Crippen LogP contribution in [0.15, 0.2) is 91.0 Å². The lowest BCUT2D eigenvalue weighted by Crippen LogP contribution is -2.47. The minimum absolute atomic E-state index is 0.0394. The van der Waals surface area contributed by atoms with Crippen LogP contribution in [0.1, 0.15) is 29.7 Å². The van der Waals surface area contributed by atoms with E-state index in [2.05, 4.69) is 5.32 Å². The van der Waals surface area contributed by atoms with Gasteiger partial charge in [0, 0.05) is 0 Å². The van der Waals surface area contributed by atoms with Crippen molar-refractivity contribution in [3.63, 3.8) is 0 Å². The van der Waals surface area contributed by atoms with E-state index in [1.807, 2.05) is 66.7 Å². The zero-order valence-electron chi connectivity index (χ0n) is 18.5. The molecule has 2 unspecified atom stereocenters. The molecule has 0 fully saturated rings.